The summed E-state index contributed by atoms with van der Waals surface area (Å²) in [5, 5.41) is 3.25. The molecule has 0 spiro atoms. The van der Waals surface area contributed by atoms with Crippen LogP contribution >= 0.6 is 27.3 Å². The Hall–Kier alpha value is -0.710. The summed E-state index contributed by atoms with van der Waals surface area (Å²) < 4.78 is 14.2. The maximum absolute atomic E-state index is 13.5. The zero-order valence-electron chi connectivity index (χ0n) is 10.3. The van der Waals surface area contributed by atoms with Crippen LogP contribution in [0.15, 0.2) is 34.8 Å². The molecule has 1 aromatic heterocycles. The SMILES string of the molecule is CCc1ccc(C(NC)c2cc(F)cc(Br)c2)s1. The predicted octanol–water partition coefficient (Wildman–Crippen LogP) is 4.52. The highest BCUT2D eigenvalue weighted by Gasteiger charge is 2.15. The van der Waals surface area contributed by atoms with Crippen molar-refractivity contribution < 1.29 is 4.39 Å². The Bertz CT molecular complexity index is 518. The molecule has 2 aromatic rings. The standard InChI is InChI=1S/C14H15BrFNS/c1-3-12-4-5-13(18-12)14(17-2)9-6-10(15)8-11(16)7-9/h4-8,14,17H,3H2,1-2H3. The molecule has 96 valence electrons. The summed E-state index contributed by atoms with van der Waals surface area (Å²) >= 11 is 5.11. The quantitative estimate of drug-likeness (QED) is 0.870. The fourth-order valence-electron chi connectivity index (χ4n) is 1.95. The number of hydrogen-bond acceptors (Lipinski definition) is 2. The van der Waals surface area contributed by atoms with E-state index in [0.29, 0.717) is 0 Å². The van der Waals surface area contributed by atoms with Crippen molar-refractivity contribution >= 4 is 27.3 Å². The summed E-state index contributed by atoms with van der Waals surface area (Å²) in [7, 11) is 1.90. The van der Waals surface area contributed by atoms with Gasteiger partial charge in [0.25, 0.3) is 0 Å². The Morgan fingerprint density at radius 2 is 2.11 bits per heavy atom. The summed E-state index contributed by atoms with van der Waals surface area (Å²) in [6.45, 7) is 2.14. The Morgan fingerprint density at radius 3 is 2.67 bits per heavy atom. The highest BCUT2D eigenvalue weighted by atomic mass is 79.9. The average molecular weight is 328 g/mol. The Morgan fingerprint density at radius 1 is 1.33 bits per heavy atom. The van der Waals surface area contributed by atoms with E-state index in [9.17, 15) is 4.39 Å². The minimum absolute atomic E-state index is 0.0438. The zero-order valence-corrected chi connectivity index (χ0v) is 12.7. The molecule has 1 aromatic carbocycles. The molecule has 1 nitrogen and oxygen atoms in total. The molecule has 0 aliphatic carbocycles. The van der Waals surface area contributed by atoms with Crippen molar-refractivity contribution in [1.82, 2.24) is 5.32 Å². The van der Waals surface area contributed by atoms with Gasteiger partial charge in [0.15, 0.2) is 0 Å². The number of halogens is 2. The molecule has 2 rings (SSSR count). The van der Waals surface area contributed by atoms with E-state index in [1.165, 1.54) is 15.8 Å². The zero-order chi connectivity index (χ0) is 13.1. The van der Waals surface area contributed by atoms with Crippen LogP contribution in [0.2, 0.25) is 0 Å². The van der Waals surface area contributed by atoms with E-state index in [1.54, 1.807) is 17.4 Å². The summed E-state index contributed by atoms with van der Waals surface area (Å²) in [5.41, 5.74) is 0.939. The molecule has 0 fully saturated rings. The van der Waals surface area contributed by atoms with Crippen molar-refractivity contribution in [2.45, 2.75) is 19.4 Å². The third-order valence-electron chi connectivity index (χ3n) is 2.82. The van der Waals surface area contributed by atoms with Crippen LogP contribution in [0, 0.1) is 5.82 Å². The van der Waals surface area contributed by atoms with Crippen molar-refractivity contribution in [3.8, 4) is 0 Å². The van der Waals surface area contributed by atoms with Crippen molar-refractivity contribution in [2.24, 2.45) is 0 Å². The molecule has 0 amide bonds. The Kier molecular flexibility index (Phi) is 4.54. The molecule has 0 bridgehead atoms. The van der Waals surface area contributed by atoms with Crippen LogP contribution in [0.4, 0.5) is 4.39 Å². The first-order valence-electron chi connectivity index (χ1n) is 5.86. The maximum atomic E-state index is 13.5. The third kappa shape index (κ3) is 2.99. The van der Waals surface area contributed by atoms with Crippen LogP contribution < -0.4 is 5.32 Å². The van der Waals surface area contributed by atoms with Gasteiger partial charge in [-0.25, -0.2) is 4.39 Å². The lowest BCUT2D eigenvalue weighted by Gasteiger charge is -2.15. The first-order valence-corrected chi connectivity index (χ1v) is 7.47. The number of aryl methyl sites for hydroxylation is 1. The highest BCUT2D eigenvalue weighted by Crippen LogP contribution is 2.30. The van der Waals surface area contributed by atoms with Crippen LogP contribution in [-0.2, 0) is 6.42 Å². The summed E-state index contributed by atoms with van der Waals surface area (Å²) in [5.74, 6) is -0.216. The largest absolute Gasteiger partial charge is 0.309 e. The molecule has 0 aliphatic rings. The van der Waals surface area contributed by atoms with Gasteiger partial charge in [-0.05, 0) is 49.4 Å². The van der Waals surface area contributed by atoms with E-state index in [2.05, 4.69) is 40.3 Å². The van der Waals surface area contributed by atoms with E-state index in [-0.39, 0.29) is 11.9 Å². The number of benzene rings is 1. The van der Waals surface area contributed by atoms with Gasteiger partial charge in [0.2, 0.25) is 0 Å². The normalized spacial score (nSPS) is 12.7. The third-order valence-corrected chi connectivity index (χ3v) is 4.57. The minimum atomic E-state index is -0.216. The van der Waals surface area contributed by atoms with Gasteiger partial charge in [-0.15, -0.1) is 11.3 Å². The highest BCUT2D eigenvalue weighted by molar-refractivity contribution is 9.10. The molecule has 1 N–H and O–H groups in total. The second-order valence-electron chi connectivity index (χ2n) is 4.08. The van der Waals surface area contributed by atoms with Crippen molar-refractivity contribution in [2.75, 3.05) is 7.05 Å². The van der Waals surface area contributed by atoms with E-state index in [1.807, 2.05) is 13.1 Å². The maximum Gasteiger partial charge on any atom is 0.124 e. The lowest BCUT2D eigenvalue weighted by Crippen LogP contribution is -2.16. The molecular weight excluding hydrogens is 313 g/mol. The van der Waals surface area contributed by atoms with Crippen molar-refractivity contribution in [3.63, 3.8) is 0 Å². The molecule has 18 heavy (non-hydrogen) atoms. The predicted molar refractivity (Wildman–Crippen MR) is 78.7 cm³/mol. The van der Waals surface area contributed by atoms with Crippen LogP contribution in [-0.4, -0.2) is 7.05 Å². The average Bonchev–Trinajstić information content (AvgIpc) is 2.77. The van der Waals surface area contributed by atoms with Crippen molar-refractivity contribution in [1.29, 1.82) is 0 Å². The first-order chi connectivity index (χ1) is 8.63. The van der Waals surface area contributed by atoms with Gasteiger partial charge in [0.05, 0.1) is 6.04 Å². The van der Waals surface area contributed by atoms with Gasteiger partial charge in [0, 0.05) is 14.2 Å². The lowest BCUT2D eigenvalue weighted by molar-refractivity contribution is 0.617. The van der Waals surface area contributed by atoms with E-state index in [0.717, 1.165) is 16.5 Å². The molecular formula is C14H15BrFNS. The topological polar surface area (TPSA) is 12.0 Å². The summed E-state index contributed by atoms with van der Waals surface area (Å²) in [6, 6.07) is 9.30. The van der Waals surface area contributed by atoms with Gasteiger partial charge in [-0.1, -0.05) is 22.9 Å². The number of thiophene rings is 1. The van der Waals surface area contributed by atoms with Gasteiger partial charge in [0.1, 0.15) is 5.82 Å². The second kappa shape index (κ2) is 5.95. The fourth-order valence-corrected chi connectivity index (χ4v) is 3.53. The number of nitrogens with one attached hydrogen (secondary N) is 1. The molecule has 4 heteroatoms. The van der Waals surface area contributed by atoms with Crippen molar-refractivity contribution in [3.05, 3.63) is 55.9 Å². The first kappa shape index (κ1) is 13.7. The molecule has 0 saturated carbocycles. The van der Waals surface area contributed by atoms with Gasteiger partial charge in [-0.3, -0.25) is 0 Å². The molecule has 0 saturated heterocycles. The summed E-state index contributed by atoms with van der Waals surface area (Å²) in [6.07, 6.45) is 1.04. The lowest BCUT2D eigenvalue weighted by atomic mass is 10.1. The minimum Gasteiger partial charge on any atom is -0.309 e. The van der Waals surface area contributed by atoms with Crippen LogP contribution in [0.5, 0.6) is 0 Å². The monoisotopic (exact) mass is 327 g/mol. The molecule has 0 aliphatic heterocycles. The van der Waals surface area contributed by atoms with E-state index >= 15 is 0 Å². The molecule has 1 unspecified atom stereocenters. The molecule has 1 heterocycles. The number of hydrogen-bond donors (Lipinski definition) is 1. The van der Waals surface area contributed by atoms with E-state index < -0.39 is 0 Å². The Balaban J connectivity index is 2.38. The van der Waals surface area contributed by atoms with Gasteiger partial charge in [-0.2, -0.15) is 0 Å². The van der Waals surface area contributed by atoms with Gasteiger partial charge < -0.3 is 5.32 Å². The van der Waals surface area contributed by atoms with Crippen LogP contribution in [0.25, 0.3) is 0 Å². The smallest absolute Gasteiger partial charge is 0.124 e. The fraction of sp³-hybridized carbons (Fsp3) is 0.286. The Labute approximate surface area is 119 Å². The summed E-state index contributed by atoms with van der Waals surface area (Å²) in [4.78, 5) is 2.56. The molecule has 1 atom stereocenters. The van der Waals surface area contributed by atoms with Crippen LogP contribution in [0.3, 0.4) is 0 Å². The second-order valence-corrected chi connectivity index (χ2v) is 6.20. The van der Waals surface area contributed by atoms with Gasteiger partial charge >= 0.3 is 0 Å². The van der Waals surface area contributed by atoms with E-state index in [4.69, 9.17) is 0 Å². The van der Waals surface area contributed by atoms with Crippen LogP contribution in [0.1, 0.15) is 28.3 Å². The molecule has 0 radical (unpaired) electrons. The number of rotatable bonds is 4.